The molecule has 0 aliphatic heterocycles. The number of carbonyl (C=O) groups is 1. The highest BCUT2D eigenvalue weighted by atomic mass is 16.5. The molecule has 1 aromatic carbocycles. The molecule has 0 bridgehead atoms. The zero-order chi connectivity index (χ0) is 11.5. The minimum absolute atomic E-state index is 0.328. The van der Waals surface area contributed by atoms with Gasteiger partial charge in [0.25, 0.3) is 0 Å². The number of carbonyl (C=O) groups excluding carboxylic acids is 1. The van der Waals surface area contributed by atoms with Gasteiger partial charge in [0, 0.05) is 18.8 Å². The van der Waals surface area contributed by atoms with Crippen molar-refractivity contribution >= 4 is 5.97 Å². The van der Waals surface area contributed by atoms with Gasteiger partial charge in [0.15, 0.2) is 0 Å². The van der Waals surface area contributed by atoms with Gasteiger partial charge in [0.2, 0.25) is 0 Å². The van der Waals surface area contributed by atoms with E-state index in [4.69, 9.17) is 0 Å². The van der Waals surface area contributed by atoms with Crippen molar-refractivity contribution in [1.29, 1.82) is 0 Å². The summed E-state index contributed by atoms with van der Waals surface area (Å²) in [5.74, 6) is -0.328. The number of hydrogen-bond acceptors (Lipinski definition) is 3. The van der Waals surface area contributed by atoms with Crippen molar-refractivity contribution in [2.24, 2.45) is 7.05 Å². The maximum atomic E-state index is 11.4. The first-order chi connectivity index (χ1) is 7.70. The van der Waals surface area contributed by atoms with Gasteiger partial charge in [0.1, 0.15) is 0 Å². The fourth-order valence-electron chi connectivity index (χ4n) is 1.51. The van der Waals surface area contributed by atoms with Gasteiger partial charge >= 0.3 is 5.97 Å². The number of nitrogens with zero attached hydrogens (tertiary/aromatic N) is 2. The molecule has 2 rings (SSSR count). The third-order valence-electron chi connectivity index (χ3n) is 2.32. The van der Waals surface area contributed by atoms with Gasteiger partial charge in [-0.25, -0.2) is 4.79 Å². The molecular formula is C12H12N2O2. The van der Waals surface area contributed by atoms with E-state index >= 15 is 0 Å². The van der Waals surface area contributed by atoms with Crippen molar-refractivity contribution < 1.29 is 9.53 Å². The largest absolute Gasteiger partial charge is 0.465 e. The maximum absolute atomic E-state index is 11.4. The second-order valence-electron chi connectivity index (χ2n) is 3.48. The third-order valence-corrected chi connectivity index (χ3v) is 2.32. The Morgan fingerprint density at radius 2 is 2.19 bits per heavy atom. The van der Waals surface area contributed by atoms with E-state index in [0.717, 1.165) is 11.1 Å². The van der Waals surface area contributed by atoms with Gasteiger partial charge in [-0.15, -0.1) is 0 Å². The molecule has 1 aromatic heterocycles. The number of rotatable bonds is 2. The zero-order valence-electron chi connectivity index (χ0n) is 9.18. The van der Waals surface area contributed by atoms with Crippen molar-refractivity contribution in [2.75, 3.05) is 7.11 Å². The summed E-state index contributed by atoms with van der Waals surface area (Å²) >= 11 is 0. The number of aryl methyl sites for hydroxylation is 1. The number of ether oxygens (including phenoxy) is 1. The number of esters is 1. The topological polar surface area (TPSA) is 44.1 Å². The van der Waals surface area contributed by atoms with Crippen LogP contribution >= 0.6 is 0 Å². The molecule has 82 valence electrons. The molecule has 0 N–H and O–H groups in total. The summed E-state index contributed by atoms with van der Waals surface area (Å²) in [4.78, 5) is 11.4. The van der Waals surface area contributed by atoms with Crippen LogP contribution in [0.3, 0.4) is 0 Å². The normalized spacial score (nSPS) is 10.1. The van der Waals surface area contributed by atoms with Crippen LogP contribution in [0.4, 0.5) is 0 Å². The molecule has 0 saturated carbocycles. The predicted octanol–water partition coefficient (Wildman–Crippen LogP) is 1.87. The van der Waals surface area contributed by atoms with Crippen molar-refractivity contribution in [1.82, 2.24) is 9.78 Å². The number of hydrogen-bond donors (Lipinski definition) is 0. The predicted molar refractivity (Wildman–Crippen MR) is 60.0 cm³/mol. The van der Waals surface area contributed by atoms with Crippen LogP contribution in [0.1, 0.15) is 10.4 Å². The van der Waals surface area contributed by atoms with E-state index in [1.54, 1.807) is 23.0 Å². The van der Waals surface area contributed by atoms with E-state index in [-0.39, 0.29) is 5.97 Å². The molecule has 0 radical (unpaired) electrons. The van der Waals surface area contributed by atoms with Gasteiger partial charge in [0.05, 0.1) is 18.9 Å². The molecule has 0 aliphatic rings. The lowest BCUT2D eigenvalue weighted by Crippen LogP contribution is -2.00. The zero-order valence-corrected chi connectivity index (χ0v) is 9.18. The van der Waals surface area contributed by atoms with Crippen molar-refractivity contribution in [2.45, 2.75) is 0 Å². The summed E-state index contributed by atoms with van der Waals surface area (Å²) in [5.41, 5.74) is 2.48. The van der Waals surface area contributed by atoms with Crippen LogP contribution in [0.2, 0.25) is 0 Å². The average Bonchev–Trinajstić information content (AvgIpc) is 2.75. The van der Waals surface area contributed by atoms with Crippen LogP contribution in [0.5, 0.6) is 0 Å². The van der Waals surface area contributed by atoms with Gasteiger partial charge in [-0.3, -0.25) is 4.68 Å². The number of benzene rings is 1. The number of methoxy groups -OCH3 is 1. The highest BCUT2D eigenvalue weighted by Gasteiger charge is 2.07. The molecule has 0 atom stereocenters. The smallest absolute Gasteiger partial charge is 0.337 e. The molecule has 0 unspecified atom stereocenters. The SMILES string of the molecule is COC(=O)c1cccc(-c2cnn(C)c2)c1. The molecule has 16 heavy (non-hydrogen) atoms. The second-order valence-corrected chi connectivity index (χ2v) is 3.48. The molecule has 1 heterocycles. The van der Waals surface area contributed by atoms with Crippen molar-refractivity contribution in [3.8, 4) is 11.1 Å². The van der Waals surface area contributed by atoms with Gasteiger partial charge in [-0.05, 0) is 17.7 Å². The summed E-state index contributed by atoms with van der Waals surface area (Å²) < 4.78 is 6.39. The second kappa shape index (κ2) is 4.18. The Labute approximate surface area is 93.5 Å². The average molecular weight is 216 g/mol. The van der Waals surface area contributed by atoms with Crippen LogP contribution < -0.4 is 0 Å². The van der Waals surface area contributed by atoms with Gasteiger partial charge < -0.3 is 4.74 Å². The lowest BCUT2D eigenvalue weighted by molar-refractivity contribution is 0.0601. The highest BCUT2D eigenvalue weighted by Crippen LogP contribution is 2.19. The Morgan fingerprint density at radius 1 is 1.38 bits per heavy atom. The Balaban J connectivity index is 2.39. The summed E-state index contributed by atoms with van der Waals surface area (Å²) in [5, 5.41) is 4.09. The lowest BCUT2D eigenvalue weighted by atomic mass is 10.1. The van der Waals surface area contributed by atoms with E-state index in [9.17, 15) is 4.79 Å². The van der Waals surface area contributed by atoms with E-state index < -0.39 is 0 Å². The summed E-state index contributed by atoms with van der Waals surface area (Å²) in [7, 11) is 3.23. The Morgan fingerprint density at radius 3 is 2.81 bits per heavy atom. The summed E-state index contributed by atoms with van der Waals surface area (Å²) in [6.07, 6.45) is 3.66. The van der Waals surface area contributed by atoms with Crippen LogP contribution in [-0.4, -0.2) is 22.9 Å². The number of aromatic nitrogens is 2. The molecule has 0 amide bonds. The van der Waals surface area contributed by atoms with E-state index in [1.807, 2.05) is 25.4 Å². The highest BCUT2D eigenvalue weighted by molar-refractivity contribution is 5.90. The summed E-state index contributed by atoms with van der Waals surface area (Å²) in [6.45, 7) is 0. The van der Waals surface area contributed by atoms with Crippen LogP contribution in [0.15, 0.2) is 36.7 Å². The molecule has 4 heteroatoms. The molecule has 0 aliphatic carbocycles. The first kappa shape index (κ1) is 10.4. The minimum Gasteiger partial charge on any atom is -0.465 e. The standard InChI is InChI=1S/C12H12N2O2/c1-14-8-11(7-13-14)9-4-3-5-10(6-9)12(15)16-2/h3-8H,1-2H3. The van der Waals surface area contributed by atoms with Crippen LogP contribution in [0.25, 0.3) is 11.1 Å². The maximum Gasteiger partial charge on any atom is 0.337 e. The summed E-state index contributed by atoms with van der Waals surface area (Å²) in [6, 6.07) is 7.28. The quantitative estimate of drug-likeness (QED) is 0.720. The molecule has 0 spiro atoms. The third kappa shape index (κ3) is 1.95. The molecule has 4 nitrogen and oxygen atoms in total. The molecule has 0 saturated heterocycles. The fraction of sp³-hybridized carbons (Fsp3) is 0.167. The van der Waals surface area contributed by atoms with E-state index in [1.165, 1.54) is 7.11 Å². The van der Waals surface area contributed by atoms with Crippen molar-refractivity contribution in [3.63, 3.8) is 0 Å². The molecular weight excluding hydrogens is 204 g/mol. The van der Waals surface area contributed by atoms with Crippen LogP contribution in [-0.2, 0) is 11.8 Å². The monoisotopic (exact) mass is 216 g/mol. The molecule has 0 fully saturated rings. The Bertz CT molecular complexity index is 517. The fourth-order valence-corrected chi connectivity index (χ4v) is 1.51. The van der Waals surface area contributed by atoms with Gasteiger partial charge in [-0.2, -0.15) is 5.10 Å². The Kier molecular flexibility index (Phi) is 2.72. The molecule has 2 aromatic rings. The first-order valence-corrected chi connectivity index (χ1v) is 4.88. The van der Waals surface area contributed by atoms with E-state index in [2.05, 4.69) is 9.84 Å². The van der Waals surface area contributed by atoms with E-state index in [0.29, 0.717) is 5.56 Å². The Hall–Kier alpha value is -2.10. The minimum atomic E-state index is -0.328. The van der Waals surface area contributed by atoms with Gasteiger partial charge in [-0.1, -0.05) is 12.1 Å². The van der Waals surface area contributed by atoms with Crippen molar-refractivity contribution in [3.05, 3.63) is 42.2 Å². The lowest BCUT2D eigenvalue weighted by Gasteiger charge is -2.01. The van der Waals surface area contributed by atoms with Crippen LogP contribution in [0, 0.1) is 0 Å². The first-order valence-electron chi connectivity index (χ1n) is 4.88.